The van der Waals surface area contributed by atoms with Gasteiger partial charge in [0, 0.05) is 13.1 Å². The van der Waals surface area contributed by atoms with E-state index in [4.69, 9.17) is 23.2 Å². The normalized spacial score (nSPS) is 9.80. The first kappa shape index (κ1) is 11.7. The molecule has 0 aliphatic rings. The van der Waals surface area contributed by atoms with Crippen LogP contribution in [0.4, 0.5) is 11.5 Å². The van der Waals surface area contributed by atoms with Crippen LogP contribution in [0.2, 0.25) is 10.0 Å². The van der Waals surface area contributed by atoms with Crippen LogP contribution < -0.4 is 5.32 Å². The second kappa shape index (κ2) is 4.41. The molecule has 0 atom stereocenters. The standard InChI is InChI=1S/C7H5Cl2N3O3/c1-3(13)11-7-6(12(14)15)5(9)4(8)2-10-7/h2H,1H3,(H,10,11,13). The molecule has 8 heteroatoms. The number of carbonyl (C=O) groups excluding carboxylic acids is 1. The number of aromatic nitrogens is 1. The SMILES string of the molecule is CC(=O)Nc1ncc(Cl)c(Cl)c1[N+](=O)[O-]. The molecule has 0 saturated carbocycles. The average molecular weight is 250 g/mol. The van der Waals surface area contributed by atoms with Crippen LogP contribution in [-0.4, -0.2) is 15.8 Å². The number of halogens is 2. The summed E-state index contributed by atoms with van der Waals surface area (Å²) in [6.07, 6.45) is 1.13. The molecule has 0 aliphatic carbocycles. The summed E-state index contributed by atoms with van der Waals surface area (Å²) in [5.74, 6) is -0.703. The molecule has 80 valence electrons. The third-order valence-corrected chi connectivity index (χ3v) is 2.19. The Hall–Kier alpha value is -1.40. The number of pyridine rings is 1. The van der Waals surface area contributed by atoms with Crippen LogP contribution in [0.3, 0.4) is 0 Å². The van der Waals surface area contributed by atoms with E-state index in [1.807, 2.05) is 0 Å². The third kappa shape index (κ3) is 2.54. The molecule has 0 unspecified atom stereocenters. The van der Waals surface area contributed by atoms with Crippen molar-refractivity contribution >= 4 is 40.6 Å². The molecule has 15 heavy (non-hydrogen) atoms. The van der Waals surface area contributed by atoms with E-state index in [1.54, 1.807) is 0 Å². The van der Waals surface area contributed by atoms with Gasteiger partial charge in [-0.1, -0.05) is 23.2 Å². The summed E-state index contributed by atoms with van der Waals surface area (Å²) in [4.78, 5) is 24.2. The van der Waals surface area contributed by atoms with Gasteiger partial charge in [-0.3, -0.25) is 14.9 Å². The van der Waals surface area contributed by atoms with Crippen molar-refractivity contribution < 1.29 is 9.72 Å². The summed E-state index contributed by atoms with van der Waals surface area (Å²) in [6, 6.07) is 0. The van der Waals surface area contributed by atoms with E-state index < -0.39 is 16.5 Å². The molecule has 1 aromatic heterocycles. The molecule has 6 nitrogen and oxygen atoms in total. The number of amides is 1. The maximum atomic E-state index is 10.7. The molecule has 0 aliphatic heterocycles. The van der Waals surface area contributed by atoms with E-state index in [9.17, 15) is 14.9 Å². The van der Waals surface area contributed by atoms with Gasteiger partial charge in [0.25, 0.3) is 0 Å². The molecule has 0 saturated heterocycles. The maximum Gasteiger partial charge on any atom is 0.331 e. The van der Waals surface area contributed by atoms with Crippen LogP contribution in [0.5, 0.6) is 0 Å². The Morgan fingerprint density at radius 3 is 2.67 bits per heavy atom. The van der Waals surface area contributed by atoms with Gasteiger partial charge in [-0.15, -0.1) is 0 Å². The van der Waals surface area contributed by atoms with Gasteiger partial charge in [0.15, 0.2) is 0 Å². The Labute approximate surface area is 94.4 Å². The molecule has 1 N–H and O–H groups in total. The quantitative estimate of drug-likeness (QED) is 0.644. The smallest absolute Gasteiger partial charge is 0.305 e. The number of nitrogens with zero attached hydrogens (tertiary/aromatic N) is 2. The molecule has 1 rings (SSSR count). The van der Waals surface area contributed by atoms with Crippen molar-refractivity contribution in [2.24, 2.45) is 0 Å². The Morgan fingerprint density at radius 1 is 1.60 bits per heavy atom. The number of nitro groups is 1. The third-order valence-electron chi connectivity index (χ3n) is 1.43. The highest BCUT2D eigenvalue weighted by atomic mass is 35.5. The lowest BCUT2D eigenvalue weighted by Crippen LogP contribution is -2.10. The van der Waals surface area contributed by atoms with Crippen LogP contribution in [0.1, 0.15) is 6.92 Å². The molecule has 1 heterocycles. The van der Waals surface area contributed by atoms with E-state index in [-0.39, 0.29) is 15.9 Å². The minimum absolute atomic E-state index is 0.0440. The van der Waals surface area contributed by atoms with Gasteiger partial charge in [-0.05, 0) is 0 Å². The van der Waals surface area contributed by atoms with Crippen LogP contribution in [0.15, 0.2) is 6.20 Å². The van der Waals surface area contributed by atoms with E-state index in [2.05, 4.69) is 10.3 Å². The highest BCUT2D eigenvalue weighted by molar-refractivity contribution is 6.43. The van der Waals surface area contributed by atoms with Gasteiger partial charge >= 0.3 is 5.69 Å². The van der Waals surface area contributed by atoms with Gasteiger partial charge in [-0.25, -0.2) is 4.98 Å². The summed E-state index contributed by atoms with van der Waals surface area (Å²) >= 11 is 11.2. The monoisotopic (exact) mass is 249 g/mol. The van der Waals surface area contributed by atoms with Gasteiger partial charge in [0.2, 0.25) is 11.7 Å². The molecule has 1 aromatic rings. The lowest BCUT2D eigenvalue weighted by Gasteiger charge is -2.04. The van der Waals surface area contributed by atoms with Crippen LogP contribution in [0.25, 0.3) is 0 Å². The average Bonchev–Trinajstić information content (AvgIpc) is 2.10. The molecule has 0 spiro atoms. The van der Waals surface area contributed by atoms with Crippen molar-refractivity contribution in [1.29, 1.82) is 0 Å². The van der Waals surface area contributed by atoms with Crippen molar-refractivity contribution in [3.63, 3.8) is 0 Å². The lowest BCUT2D eigenvalue weighted by atomic mass is 10.4. The molecule has 0 radical (unpaired) electrons. The van der Waals surface area contributed by atoms with Crippen molar-refractivity contribution in [1.82, 2.24) is 4.98 Å². The zero-order valence-electron chi connectivity index (χ0n) is 7.45. The van der Waals surface area contributed by atoms with E-state index in [1.165, 1.54) is 6.92 Å². The summed E-state index contributed by atoms with van der Waals surface area (Å²) < 4.78 is 0. The van der Waals surface area contributed by atoms with Gasteiger partial charge in [0.05, 0.1) is 9.95 Å². The topological polar surface area (TPSA) is 85.1 Å². The molecule has 0 bridgehead atoms. The zero-order chi connectivity index (χ0) is 11.6. The van der Waals surface area contributed by atoms with Crippen molar-refractivity contribution in [2.45, 2.75) is 6.92 Å². The lowest BCUT2D eigenvalue weighted by molar-refractivity contribution is -0.384. The predicted octanol–water partition coefficient (Wildman–Crippen LogP) is 2.25. The summed E-state index contributed by atoms with van der Waals surface area (Å²) in [5, 5.41) is 12.5. The van der Waals surface area contributed by atoms with Crippen LogP contribution in [0, 0.1) is 10.1 Å². The summed E-state index contributed by atoms with van der Waals surface area (Å²) in [6.45, 7) is 1.20. The molecule has 0 fully saturated rings. The number of nitrogens with one attached hydrogen (secondary N) is 1. The van der Waals surface area contributed by atoms with Crippen molar-refractivity contribution in [3.05, 3.63) is 26.4 Å². The van der Waals surface area contributed by atoms with Crippen molar-refractivity contribution in [2.75, 3.05) is 5.32 Å². The highest BCUT2D eigenvalue weighted by Crippen LogP contribution is 2.35. The summed E-state index contributed by atoms with van der Waals surface area (Å²) in [5.41, 5.74) is -0.514. The van der Waals surface area contributed by atoms with Gasteiger partial charge in [0.1, 0.15) is 5.02 Å². The first-order valence-electron chi connectivity index (χ1n) is 3.69. The zero-order valence-corrected chi connectivity index (χ0v) is 8.96. The van der Waals surface area contributed by atoms with E-state index >= 15 is 0 Å². The Balaban J connectivity index is 3.33. The molecular weight excluding hydrogens is 245 g/mol. The number of hydrogen-bond donors (Lipinski definition) is 1. The predicted molar refractivity (Wildman–Crippen MR) is 55.2 cm³/mol. The van der Waals surface area contributed by atoms with E-state index in [0.29, 0.717) is 0 Å². The van der Waals surface area contributed by atoms with Crippen molar-refractivity contribution in [3.8, 4) is 0 Å². The minimum Gasteiger partial charge on any atom is -0.305 e. The Bertz CT molecular complexity index is 436. The first-order chi connectivity index (χ1) is 6.93. The largest absolute Gasteiger partial charge is 0.331 e. The second-order valence-corrected chi connectivity index (χ2v) is 3.34. The minimum atomic E-state index is -0.757. The number of hydrogen-bond acceptors (Lipinski definition) is 4. The van der Waals surface area contributed by atoms with E-state index in [0.717, 1.165) is 6.20 Å². The fourth-order valence-electron chi connectivity index (χ4n) is 0.881. The van der Waals surface area contributed by atoms with Crippen LogP contribution in [-0.2, 0) is 4.79 Å². The Morgan fingerprint density at radius 2 is 2.20 bits per heavy atom. The summed E-state index contributed by atoms with van der Waals surface area (Å²) in [7, 11) is 0. The fraction of sp³-hybridized carbons (Fsp3) is 0.143. The highest BCUT2D eigenvalue weighted by Gasteiger charge is 2.23. The molecule has 0 aromatic carbocycles. The Kier molecular flexibility index (Phi) is 3.43. The first-order valence-corrected chi connectivity index (χ1v) is 4.45. The molecule has 1 amide bonds. The fourth-order valence-corrected chi connectivity index (χ4v) is 1.23. The van der Waals surface area contributed by atoms with Gasteiger partial charge in [-0.2, -0.15) is 0 Å². The maximum absolute atomic E-state index is 10.7. The number of rotatable bonds is 2. The van der Waals surface area contributed by atoms with Crippen LogP contribution >= 0.6 is 23.2 Å². The molecular formula is C7H5Cl2N3O3. The second-order valence-electron chi connectivity index (χ2n) is 2.56. The number of carbonyl (C=O) groups is 1. The number of anilines is 1. The van der Waals surface area contributed by atoms with Gasteiger partial charge < -0.3 is 5.32 Å².